The van der Waals surface area contributed by atoms with E-state index in [0.29, 0.717) is 5.75 Å². The van der Waals surface area contributed by atoms with E-state index < -0.39 is 31.4 Å². The van der Waals surface area contributed by atoms with E-state index in [0.717, 1.165) is 42.4 Å². The number of carbonyl (C=O) groups excluding carboxylic acids is 1. The molecule has 11 heteroatoms. The van der Waals surface area contributed by atoms with E-state index in [1.165, 1.54) is 18.2 Å². The fourth-order valence-corrected chi connectivity index (χ4v) is 6.96. The van der Waals surface area contributed by atoms with Crippen molar-refractivity contribution in [3.05, 3.63) is 83.4 Å². The number of fused-ring (bicyclic) bond motifs is 3. The van der Waals surface area contributed by atoms with Gasteiger partial charge in [-0.25, -0.2) is 21.6 Å². The average molecular weight is 600 g/mol. The summed E-state index contributed by atoms with van der Waals surface area (Å²) in [6.45, 7) is 6.14. The van der Waals surface area contributed by atoms with Gasteiger partial charge in [0.2, 0.25) is 0 Å². The summed E-state index contributed by atoms with van der Waals surface area (Å²) in [5.41, 5.74) is 1.02. The number of benzene rings is 3. The van der Waals surface area contributed by atoms with Crippen LogP contribution in [-0.4, -0.2) is 40.7 Å². The maximum Gasteiger partial charge on any atom is 0.268 e. The summed E-state index contributed by atoms with van der Waals surface area (Å²) in [6, 6.07) is 17.3. The van der Waals surface area contributed by atoms with Crippen LogP contribution in [0.2, 0.25) is 0 Å². The molecule has 0 aliphatic carbocycles. The normalized spacial score (nSPS) is 21.6. The van der Waals surface area contributed by atoms with Gasteiger partial charge < -0.3 is 14.2 Å². The summed E-state index contributed by atoms with van der Waals surface area (Å²) in [5.74, 6) is -0.207. The van der Waals surface area contributed by atoms with E-state index in [9.17, 15) is 21.6 Å². The van der Waals surface area contributed by atoms with Crippen molar-refractivity contribution in [3.8, 4) is 11.5 Å². The van der Waals surface area contributed by atoms with Crippen molar-refractivity contribution in [1.82, 2.24) is 4.72 Å². The smallest absolute Gasteiger partial charge is 0.268 e. The quantitative estimate of drug-likeness (QED) is 0.410. The van der Waals surface area contributed by atoms with Gasteiger partial charge in [0.05, 0.1) is 27.6 Å². The first-order valence-corrected chi connectivity index (χ1v) is 16.7. The zero-order valence-electron chi connectivity index (χ0n) is 23.3. The van der Waals surface area contributed by atoms with E-state index in [1.54, 1.807) is 6.07 Å². The molecular formula is C30H33NO8S2. The highest BCUT2D eigenvalue weighted by atomic mass is 32.2. The van der Waals surface area contributed by atoms with Gasteiger partial charge in [0.25, 0.3) is 15.9 Å². The summed E-state index contributed by atoms with van der Waals surface area (Å²) in [5, 5.41) is 0. The number of ether oxygens (including phenoxy) is 3. The molecule has 0 bridgehead atoms. The van der Waals surface area contributed by atoms with Crippen LogP contribution in [0.15, 0.2) is 76.5 Å². The number of carbonyl (C=O) groups is 1. The molecule has 2 aliphatic rings. The lowest BCUT2D eigenvalue weighted by atomic mass is 9.75. The topological polar surface area (TPSA) is 125 Å². The minimum Gasteiger partial charge on any atom is -0.488 e. The first-order valence-electron chi connectivity index (χ1n) is 13.3. The van der Waals surface area contributed by atoms with Crippen LogP contribution >= 0.6 is 0 Å². The first-order chi connectivity index (χ1) is 19.2. The number of nitrogens with one attached hydrogen (secondary N) is 1. The van der Waals surface area contributed by atoms with Gasteiger partial charge in [-0.15, -0.1) is 0 Å². The van der Waals surface area contributed by atoms with Crippen molar-refractivity contribution in [3.63, 3.8) is 0 Å². The van der Waals surface area contributed by atoms with E-state index in [-0.39, 0.29) is 45.8 Å². The van der Waals surface area contributed by atoms with Gasteiger partial charge in [0.1, 0.15) is 23.7 Å². The van der Waals surface area contributed by atoms with Crippen LogP contribution in [-0.2, 0) is 31.2 Å². The van der Waals surface area contributed by atoms with Crippen LogP contribution in [0.25, 0.3) is 0 Å². The van der Waals surface area contributed by atoms with Crippen LogP contribution in [0, 0.1) is 5.92 Å². The van der Waals surface area contributed by atoms with Crippen molar-refractivity contribution in [2.75, 3.05) is 6.26 Å². The Bertz CT molecular complexity index is 1670. The number of amides is 1. The van der Waals surface area contributed by atoms with Crippen LogP contribution in [0.4, 0.5) is 0 Å². The molecule has 1 fully saturated rings. The molecule has 1 saturated heterocycles. The lowest BCUT2D eigenvalue weighted by molar-refractivity contribution is -0.144. The van der Waals surface area contributed by atoms with Crippen LogP contribution in [0.5, 0.6) is 11.5 Å². The van der Waals surface area contributed by atoms with Crippen LogP contribution < -0.4 is 14.2 Å². The predicted octanol–water partition coefficient (Wildman–Crippen LogP) is 4.82. The average Bonchev–Trinajstić information content (AvgIpc) is 2.91. The molecule has 0 radical (unpaired) electrons. The van der Waals surface area contributed by atoms with E-state index in [4.69, 9.17) is 14.2 Å². The minimum atomic E-state index is -4.34. The first kappa shape index (κ1) is 29.1. The lowest BCUT2D eigenvalue weighted by Crippen LogP contribution is -2.48. The van der Waals surface area contributed by atoms with Gasteiger partial charge in [-0.1, -0.05) is 30.3 Å². The highest BCUT2D eigenvalue weighted by Gasteiger charge is 2.47. The SMILES string of the molecule is C[C@H]1CC[C@H]2[C@H](O1)c1cc(OCc3ccccc3)c(C(=O)NS(=O)(=O)c3ccc(S(C)(=O)=O)cc3)cc1OC2(C)C. The van der Waals surface area contributed by atoms with Crippen molar-refractivity contribution >= 4 is 25.8 Å². The van der Waals surface area contributed by atoms with Crippen molar-refractivity contribution in [2.45, 2.75) is 67.8 Å². The third-order valence-corrected chi connectivity index (χ3v) is 10.1. The fraction of sp³-hybridized carbons (Fsp3) is 0.367. The van der Waals surface area contributed by atoms with Gasteiger partial charge in [0, 0.05) is 17.7 Å². The molecule has 3 atom stereocenters. The number of sulfonamides is 1. The Kier molecular flexibility index (Phi) is 7.65. The molecule has 218 valence electrons. The van der Waals surface area contributed by atoms with Crippen molar-refractivity contribution in [2.24, 2.45) is 5.92 Å². The molecule has 3 aromatic rings. The Balaban J connectivity index is 1.51. The number of hydrogen-bond acceptors (Lipinski definition) is 8. The summed E-state index contributed by atoms with van der Waals surface area (Å²) in [6.07, 6.45) is 2.62. The predicted molar refractivity (Wildman–Crippen MR) is 152 cm³/mol. The van der Waals surface area contributed by atoms with E-state index >= 15 is 0 Å². The second-order valence-electron chi connectivity index (χ2n) is 11.1. The van der Waals surface area contributed by atoms with Gasteiger partial charge in [-0.2, -0.15) is 0 Å². The largest absolute Gasteiger partial charge is 0.488 e. The summed E-state index contributed by atoms with van der Waals surface area (Å²) in [7, 11) is -7.86. The molecule has 0 spiro atoms. The Morgan fingerprint density at radius 2 is 1.63 bits per heavy atom. The van der Waals surface area contributed by atoms with Crippen molar-refractivity contribution in [1.29, 1.82) is 0 Å². The fourth-order valence-electron chi connectivity index (χ4n) is 5.36. The second kappa shape index (κ2) is 10.8. The molecule has 2 aliphatic heterocycles. The van der Waals surface area contributed by atoms with Gasteiger partial charge in [-0.3, -0.25) is 4.79 Å². The van der Waals surface area contributed by atoms with E-state index in [2.05, 4.69) is 4.72 Å². The van der Waals surface area contributed by atoms with Crippen molar-refractivity contribution < 1.29 is 35.8 Å². The monoisotopic (exact) mass is 599 g/mol. The molecule has 3 aromatic carbocycles. The molecule has 5 rings (SSSR count). The number of sulfone groups is 1. The molecule has 41 heavy (non-hydrogen) atoms. The third-order valence-electron chi connectivity index (χ3n) is 7.58. The highest BCUT2D eigenvalue weighted by molar-refractivity contribution is 7.91. The summed E-state index contributed by atoms with van der Waals surface area (Å²) < 4.78 is 70.7. The Hall–Kier alpha value is -3.41. The van der Waals surface area contributed by atoms with E-state index in [1.807, 2.05) is 51.1 Å². The molecule has 0 saturated carbocycles. The van der Waals surface area contributed by atoms with Gasteiger partial charge in [0.15, 0.2) is 9.84 Å². The second-order valence-corrected chi connectivity index (χ2v) is 14.8. The lowest BCUT2D eigenvalue weighted by Gasteiger charge is -2.48. The highest BCUT2D eigenvalue weighted by Crippen LogP contribution is 2.52. The molecule has 2 heterocycles. The molecule has 1 N–H and O–H groups in total. The standard InChI is InChI=1S/C30H33NO8S2/c1-19-10-15-25-28(38-19)23-16-26(37-18-20-8-6-5-7-9-20)24(17-27(23)39-30(25,2)3)29(32)31-41(35,36)22-13-11-21(12-14-22)40(4,33)34/h5-9,11-14,16-17,19,25,28H,10,15,18H2,1-4H3,(H,31,32)/t19-,25-,28+/m0/s1. The summed E-state index contributed by atoms with van der Waals surface area (Å²) in [4.78, 5) is 13.2. The zero-order chi connectivity index (χ0) is 29.6. The minimum absolute atomic E-state index is 0.0193. The maximum atomic E-state index is 13.5. The Morgan fingerprint density at radius 1 is 0.976 bits per heavy atom. The molecule has 0 aromatic heterocycles. The molecule has 1 amide bonds. The number of rotatable bonds is 7. The molecular weight excluding hydrogens is 566 g/mol. The zero-order valence-corrected chi connectivity index (χ0v) is 24.9. The van der Waals surface area contributed by atoms with Crippen LogP contribution in [0.1, 0.15) is 61.2 Å². The van der Waals surface area contributed by atoms with Crippen LogP contribution in [0.3, 0.4) is 0 Å². The van der Waals surface area contributed by atoms with Gasteiger partial charge in [-0.05, 0) is 75.6 Å². The summed E-state index contributed by atoms with van der Waals surface area (Å²) >= 11 is 0. The Labute approximate surface area is 240 Å². The molecule has 0 unspecified atom stereocenters. The third kappa shape index (κ3) is 6.12. The Morgan fingerprint density at radius 3 is 2.29 bits per heavy atom. The maximum absolute atomic E-state index is 13.5. The number of hydrogen-bond donors (Lipinski definition) is 1. The van der Waals surface area contributed by atoms with Gasteiger partial charge >= 0.3 is 0 Å². The molecule has 9 nitrogen and oxygen atoms in total.